The largest absolute Gasteiger partial charge is 0.298 e. The number of rotatable bonds is 7. The van der Waals surface area contributed by atoms with E-state index in [1.54, 1.807) is 18.2 Å². The number of non-ortho nitro benzene ring substituents is 1. The first-order valence-corrected chi connectivity index (χ1v) is 9.04. The first-order chi connectivity index (χ1) is 12.6. The summed E-state index contributed by atoms with van der Waals surface area (Å²) < 4.78 is 2.00. The molecule has 3 rings (SSSR count). The first kappa shape index (κ1) is 17.9. The highest BCUT2D eigenvalue weighted by Crippen LogP contribution is 2.27. The molecule has 132 valence electrons. The monoisotopic (exact) mass is 366 g/mol. The van der Waals surface area contributed by atoms with Crippen LogP contribution in [-0.4, -0.2) is 19.7 Å². The van der Waals surface area contributed by atoms with Crippen molar-refractivity contribution in [1.29, 1.82) is 0 Å². The lowest BCUT2D eigenvalue weighted by atomic mass is 10.1. The Labute approximate surface area is 155 Å². The van der Waals surface area contributed by atoms with Crippen molar-refractivity contribution in [1.82, 2.24) is 14.8 Å². The van der Waals surface area contributed by atoms with Gasteiger partial charge < -0.3 is 0 Å². The Kier molecular flexibility index (Phi) is 5.48. The second kappa shape index (κ2) is 7.97. The fourth-order valence-corrected chi connectivity index (χ4v) is 3.49. The van der Waals surface area contributed by atoms with E-state index in [9.17, 15) is 10.1 Å². The number of thioether (sulfide) groups is 1. The third-order valence-corrected chi connectivity index (χ3v) is 4.83. The molecule has 26 heavy (non-hydrogen) atoms. The predicted octanol–water partition coefficient (Wildman–Crippen LogP) is 4.64. The highest BCUT2D eigenvalue weighted by molar-refractivity contribution is 7.98. The summed E-state index contributed by atoms with van der Waals surface area (Å²) in [6, 6.07) is 14.7. The number of benzene rings is 2. The van der Waals surface area contributed by atoms with Gasteiger partial charge in [-0.1, -0.05) is 53.7 Å². The van der Waals surface area contributed by atoms with E-state index < -0.39 is 0 Å². The van der Waals surface area contributed by atoms with Crippen LogP contribution in [0.3, 0.4) is 0 Å². The fraction of sp³-hybridized carbons (Fsp3) is 0.158. The smallest absolute Gasteiger partial charge is 0.269 e. The molecule has 0 fully saturated rings. The molecule has 0 atom stereocenters. The van der Waals surface area contributed by atoms with Gasteiger partial charge in [-0.2, -0.15) is 0 Å². The number of nitro benzene ring substituents is 1. The van der Waals surface area contributed by atoms with E-state index in [2.05, 4.69) is 22.8 Å². The molecule has 0 unspecified atom stereocenters. The lowest BCUT2D eigenvalue weighted by molar-refractivity contribution is -0.384. The van der Waals surface area contributed by atoms with Gasteiger partial charge in [0.1, 0.15) is 0 Å². The van der Waals surface area contributed by atoms with Crippen LogP contribution in [0, 0.1) is 17.0 Å². The number of hydrogen-bond acceptors (Lipinski definition) is 5. The lowest BCUT2D eigenvalue weighted by Crippen LogP contribution is -2.01. The Morgan fingerprint density at radius 1 is 1.23 bits per heavy atom. The predicted molar refractivity (Wildman–Crippen MR) is 103 cm³/mol. The third kappa shape index (κ3) is 4.00. The zero-order chi connectivity index (χ0) is 18.5. The summed E-state index contributed by atoms with van der Waals surface area (Å²) >= 11 is 1.50. The van der Waals surface area contributed by atoms with Gasteiger partial charge in [-0.25, -0.2) is 0 Å². The Hall–Kier alpha value is -2.93. The summed E-state index contributed by atoms with van der Waals surface area (Å²) in [5.41, 5.74) is 3.12. The third-order valence-electron chi connectivity index (χ3n) is 3.79. The topological polar surface area (TPSA) is 73.8 Å². The number of allylic oxidation sites excluding steroid dienone is 1. The molecule has 0 saturated heterocycles. The minimum Gasteiger partial charge on any atom is -0.298 e. The fourth-order valence-electron chi connectivity index (χ4n) is 2.59. The van der Waals surface area contributed by atoms with Crippen molar-refractivity contribution < 1.29 is 4.92 Å². The normalized spacial score (nSPS) is 10.7. The minimum atomic E-state index is -0.385. The quantitative estimate of drug-likeness (QED) is 0.264. The van der Waals surface area contributed by atoms with Crippen molar-refractivity contribution >= 4 is 17.4 Å². The second-order valence-electron chi connectivity index (χ2n) is 5.79. The number of nitro groups is 1. The standard InChI is InChI=1S/C19H18N4O2S/c1-3-10-22-18(16-8-4-6-14(2)11-16)20-21-19(22)26-13-15-7-5-9-17(12-15)23(24)25/h3-9,11-12H,1,10,13H2,2H3. The molecule has 6 nitrogen and oxygen atoms in total. The van der Waals surface area contributed by atoms with Crippen LogP contribution < -0.4 is 0 Å². The molecule has 3 aromatic rings. The van der Waals surface area contributed by atoms with Gasteiger partial charge in [0.25, 0.3) is 5.69 Å². The van der Waals surface area contributed by atoms with Crippen molar-refractivity contribution in [2.24, 2.45) is 0 Å². The summed E-state index contributed by atoms with van der Waals surface area (Å²) in [6.07, 6.45) is 1.81. The van der Waals surface area contributed by atoms with Gasteiger partial charge in [-0.05, 0) is 18.6 Å². The Balaban J connectivity index is 1.85. The van der Waals surface area contributed by atoms with Crippen LogP contribution in [0.25, 0.3) is 11.4 Å². The second-order valence-corrected chi connectivity index (χ2v) is 6.73. The molecule has 0 aliphatic carbocycles. The van der Waals surface area contributed by atoms with Crippen LogP contribution in [0.4, 0.5) is 5.69 Å². The molecule has 0 radical (unpaired) electrons. The van der Waals surface area contributed by atoms with Crippen molar-refractivity contribution in [3.8, 4) is 11.4 Å². The molecule has 2 aromatic carbocycles. The maximum Gasteiger partial charge on any atom is 0.269 e. The van der Waals surface area contributed by atoms with E-state index in [-0.39, 0.29) is 10.6 Å². The Morgan fingerprint density at radius 2 is 2.04 bits per heavy atom. The van der Waals surface area contributed by atoms with E-state index in [0.717, 1.165) is 27.7 Å². The first-order valence-electron chi connectivity index (χ1n) is 8.05. The minimum absolute atomic E-state index is 0.0936. The molecule has 1 heterocycles. The number of nitrogens with zero attached hydrogens (tertiary/aromatic N) is 4. The molecule has 0 aliphatic rings. The Bertz CT molecular complexity index is 952. The molecule has 1 aromatic heterocycles. The van der Waals surface area contributed by atoms with E-state index in [0.29, 0.717) is 12.3 Å². The average molecular weight is 366 g/mol. The molecular formula is C19H18N4O2S. The van der Waals surface area contributed by atoms with Crippen LogP contribution in [0.15, 0.2) is 66.3 Å². The Morgan fingerprint density at radius 3 is 2.77 bits per heavy atom. The summed E-state index contributed by atoms with van der Waals surface area (Å²) in [7, 11) is 0. The molecule has 0 amide bonds. The van der Waals surface area contributed by atoms with E-state index in [1.807, 2.05) is 35.8 Å². The van der Waals surface area contributed by atoms with Gasteiger partial charge in [-0.3, -0.25) is 14.7 Å². The highest BCUT2D eigenvalue weighted by atomic mass is 32.2. The van der Waals surface area contributed by atoms with Gasteiger partial charge in [0.15, 0.2) is 11.0 Å². The number of aryl methyl sites for hydroxylation is 1. The average Bonchev–Trinajstić information content (AvgIpc) is 3.03. The maximum absolute atomic E-state index is 10.9. The van der Waals surface area contributed by atoms with Gasteiger partial charge in [0.2, 0.25) is 0 Å². The summed E-state index contributed by atoms with van der Waals surface area (Å²) in [5, 5.41) is 20.3. The van der Waals surface area contributed by atoms with Crippen LogP contribution in [0.2, 0.25) is 0 Å². The van der Waals surface area contributed by atoms with Crippen molar-refractivity contribution in [3.05, 3.63) is 82.4 Å². The molecule has 0 spiro atoms. The molecule has 7 heteroatoms. The van der Waals surface area contributed by atoms with Crippen LogP contribution in [-0.2, 0) is 12.3 Å². The van der Waals surface area contributed by atoms with Crippen LogP contribution >= 0.6 is 11.8 Å². The van der Waals surface area contributed by atoms with Crippen molar-refractivity contribution in [3.63, 3.8) is 0 Å². The van der Waals surface area contributed by atoms with Gasteiger partial charge in [-0.15, -0.1) is 16.8 Å². The SMILES string of the molecule is C=CCn1c(SCc2cccc([N+](=O)[O-])c2)nnc1-c1cccc(C)c1. The van der Waals surface area contributed by atoms with Crippen LogP contribution in [0.5, 0.6) is 0 Å². The molecule has 0 N–H and O–H groups in total. The number of hydrogen-bond donors (Lipinski definition) is 0. The zero-order valence-electron chi connectivity index (χ0n) is 14.3. The molecule has 0 saturated carbocycles. The lowest BCUT2D eigenvalue weighted by Gasteiger charge is -2.08. The highest BCUT2D eigenvalue weighted by Gasteiger charge is 2.14. The van der Waals surface area contributed by atoms with E-state index in [1.165, 1.54) is 17.8 Å². The number of aromatic nitrogens is 3. The van der Waals surface area contributed by atoms with Gasteiger partial charge in [0.05, 0.1) is 4.92 Å². The van der Waals surface area contributed by atoms with E-state index in [4.69, 9.17) is 0 Å². The van der Waals surface area contributed by atoms with Crippen molar-refractivity contribution in [2.75, 3.05) is 0 Å². The molecular weight excluding hydrogens is 348 g/mol. The summed E-state index contributed by atoms with van der Waals surface area (Å²) in [6.45, 7) is 6.45. The maximum atomic E-state index is 10.9. The zero-order valence-corrected chi connectivity index (χ0v) is 15.1. The molecule has 0 aliphatic heterocycles. The van der Waals surface area contributed by atoms with Crippen LogP contribution in [0.1, 0.15) is 11.1 Å². The summed E-state index contributed by atoms with van der Waals surface area (Å²) in [5.74, 6) is 1.36. The van der Waals surface area contributed by atoms with Gasteiger partial charge >= 0.3 is 0 Å². The van der Waals surface area contributed by atoms with E-state index >= 15 is 0 Å². The molecule has 0 bridgehead atoms. The van der Waals surface area contributed by atoms with Crippen molar-refractivity contribution in [2.45, 2.75) is 24.4 Å². The summed E-state index contributed by atoms with van der Waals surface area (Å²) in [4.78, 5) is 10.5. The van der Waals surface area contributed by atoms with Gasteiger partial charge in [0, 0.05) is 30.0 Å².